The van der Waals surface area contributed by atoms with Gasteiger partial charge in [-0.1, -0.05) is 30.3 Å². The standard InChI is InChI=1S/C19H21N3O4S/c1-12-17(27-18(20-12)13-6-4-3-5-7-13)19(25)26-11-16(24)22(2)10-15(23)21-14-8-9-14/h3-7,14H,8-11H2,1-2H3,(H,21,23). The van der Waals surface area contributed by atoms with Gasteiger partial charge in [-0.25, -0.2) is 9.78 Å². The highest BCUT2D eigenvalue weighted by molar-refractivity contribution is 7.17. The summed E-state index contributed by atoms with van der Waals surface area (Å²) in [5.41, 5.74) is 1.48. The van der Waals surface area contributed by atoms with Crippen LogP contribution in [-0.4, -0.2) is 53.9 Å². The van der Waals surface area contributed by atoms with Gasteiger partial charge in [-0.15, -0.1) is 11.3 Å². The minimum atomic E-state index is -0.587. The van der Waals surface area contributed by atoms with Crippen LogP contribution < -0.4 is 5.32 Å². The predicted octanol–water partition coefficient (Wildman–Crippen LogP) is 2.01. The van der Waals surface area contributed by atoms with Crippen LogP contribution in [-0.2, 0) is 14.3 Å². The van der Waals surface area contributed by atoms with E-state index in [9.17, 15) is 14.4 Å². The third-order valence-electron chi connectivity index (χ3n) is 4.08. The number of carbonyl (C=O) groups excluding carboxylic acids is 3. The highest BCUT2D eigenvalue weighted by atomic mass is 32.1. The number of likely N-dealkylation sites (N-methyl/N-ethyl adjacent to an activating group) is 1. The Balaban J connectivity index is 1.53. The Hall–Kier alpha value is -2.74. The molecule has 0 spiro atoms. The number of aryl methyl sites for hydroxylation is 1. The molecule has 1 aliphatic rings. The van der Waals surface area contributed by atoms with Crippen molar-refractivity contribution in [2.75, 3.05) is 20.2 Å². The molecular formula is C19H21N3O4S. The van der Waals surface area contributed by atoms with Gasteiger partial charge in [0.25, 0.3) is 5.91 Å². The number of rotatable bonds is 7. The molecule has 1 aromatic heterocycles. The number of benzene rings is 1. The van der Waals surface area contributed by atoms with E-state index in [1.807, 2.05) is 30.3 Å². The molecule has 0 unspecified atom stereocenters. The van der Waals surface area contributed by atoms with E-state index < -0.39 is 18.5 Å². The van der Waals surface area contributed by atoms with E-state index in [-0.39, 0.29) is 18.5 Å². The largest absolute Gasteiger partial charge is 0.451 e. The lowest BCUT2D eigenvalue weighted by atomic mass is 10.2. The monoisotopic (exact) mass is 387 g/mol. The Morgan fingerprint density at radius 3 is 2.63 bits per heavy atom. The zero-order valence-electron chi connectivity index (χ0n) is 15.2. The van der Waals surface area contributed by atoms with Crippen LogP contribution in [0.5, 0.6) is 0 Å². The number of thiazole rings is 1. The van der Waals surface area contributed by atoms with E-state index in [1.165, 1.54) is 23.3 Å². The van der Waals surface area contributed by atoms with Gasteiger partial charge in [0.1, 0.15) is 9.88 Å². The Bertz CT molecular complexity index is 846. The average Bonchev–Trinajstić information content (AvgIpc) is 3.38. The molecule has 1 N–H and O–H groups in total. The minimum absolute atomic E-state index is 0.0510. The molecule has 2 aromatic rings. The first kappa shape index (κ1) is 19.0. The van der Waals surface area contributed by atoms with Crippen LogP contribution in [0.15, 0.2) is 30.3 Å². The van der Waals surface area contributed by atoms with E-state index in [4.69, 9.17) is 4.74 Å². The van der Waals surface area contributed by atoms with Crippen LogP contribution in [0.25, 0.3) is 10.6 Å². The fourth-order valence-electron chi connectivity index (χ4n) is 2.40. The first-order valence-electron chi connectivity index (χ1n) is 8.67. The Morgan fingerprint density at radius 2 is 1.96 bits per heavy atom. The number of carbonyl (C=O) groups is 3. The van der Waals surface area contributed by atoms with Crippen molar-refractivity contribution in [2.24, 2.45) is 0 Å². The molecule has 8 heteroatoms. The summed E-state index contributed by atoms with van der Waals surface area (Å²) in [4.78, 5) is 42.2. The van der Waals surface area contributed by atoms with Gasteiger partial charge in [0, 0.05) is 18.7 Å². The third kappa shape index (κ3) is 5.13. The first-order valence-corrected chi connectivity index (χ1v) is 9.49. The molecule has 0 atom stereocenters. The Morgan fingerprint density at radius 1 is 1.26 bits per heavy atom. The second-order valence-electron chi connectivity index (χ2n) is 6.47. The summed E-state index contributed by atoms with van der Waals surface area (Å²) in [7, 11) is 1.51. The highest BCUT2D eigenvalue weighted by Crippen LogP contribution is 2.28. The number of esters is 1. The number of hydrogen-bond acceptors (Lipinski definition) is 6. The van der Waals surface area contributed by atoms with Crippen molar-refractivity contribution in [1.29, 1.82) is 0 Å². The smallest absolute Gasteiger partial charge is 0.350 e. The van der Waals surface area contributed by atoms with Crippen LogP contribution in [0.1, 0.15) is 28.2 Å². The molecular weight excluding hydrogens is 366 g/mol. The van der Waals surface area contributed by atoms with Crippen molar-refractivity contribution in [3.63, 3.8) is 0 Å². The van der Waals surface area contributed by atoms with Crippen molar-refractivity contribution >= 4 is 29.1 Å². The molecule has 142 valence electrons. The molecule has 0 bridgehead atoms. The molecule has 1 fully saturated rings. The van der Waals surface area contributed by atoms with E-state index in [0.29, 0.717) is 10.6 Å². The van der Waals surface area contributed by atoms with Crippen molar-refractivity contribution < 1.29 is 19.1 Å². The number of hydrogen-bond donors (Lipinski definition) is 1. The average molecular weight is 387 g/mol. The van der Waals surface area contributed by atoms with Crippen LogP contribution in [0.2, 0.25) is 0 Å². The topological polar surface area (TPSA) is 88.6 Å². The van der Waals surface area contributed by atoms with Crippen molar-refractivity contribution in [1.82, 2.24) is 15.2 Å². The SMILES string of the molecule is Cc1nc(-c2ccccc2)sc1C(=O)OCC(=O)N(C)CC(=O)NC1CC1. The van der Waals surface area contributed by atoms with Gasteiger partial charge in [0.2, 0.25) is 5.91 Å². The van der Waals surface area contributed by atoms with Crippen molar-refractivity contribution in [3.8, 4) is 10.6 Å². The summed E-state index contributed by atoms with van der Waals surface area (Å²) in [6.45, 7) is 1.27. The molecule has 1 aliphatic carbocycles. The fourth-order valence-corrected chi connectivity index (χ4v) is 3.36. The first-order chi connectivity index (χ1) is 12.9. The van der Waals surface area contributed by atoms with Gasteiger partial charge in [-0.05, 0) is 19.8 Å². The lowest BCUT2D eigenvalue weighted by Gasteiger charge is -2.16. The summed E-state index contributed by atoms with van der Waals surface area (Å²) in [5, 5.41) is 3.53. The number of ether oxygens (including phenoxy) is 1. The van der Waals surface area contributed by atoms with Crippen LogP contribution >= 0.6 is 11.3 Å². The molecule has 0 radical (unpaired) electrons. The van der Waals surface area contributed by atoms with E-state index in [2.05, 4.69) is 10.3 Å². The molecule has 2 amide bonds. The normalized spacial score (nSPS) is 13.1. The quantitative estimate of drug-likeness (QED) is 0.734. The van der Waals surface area contributed by atoms with Crippen LogP contribution in [0, 0.1) is 6.92 Å². The van der Waals surface area contributed by atoms with Gasteiger partial charge in [0.05, 0.1) is 12.2 Å². The summed E-state index contributed by atoms with van der Waals surface area (Å²) < 4.78 is 5.12. The number of nitrogens with one attached hydrogen (secondary N) is 1. The van der Waals surface area contributed by atoms with Gasteiger partial charge in [-0.3, -0.25) is 9.59 Å². The van der Waals surface area contributed by atoms with Gasteiger partial charge < -0.3 is 15.0 Å². The summed E-state index contributed by atoms with van der Waals surface area (Å²) in [6, 6.07) is 9.78. The molecule has 0 saturated heterocycles. The van der Waals surface area contributed by atoms with Crippen LogP contribution in [0.3, 0.4) is 0 Å². The lowest BCUT2D eigenvalue weighted by molar-refractivity contribution is -0.137. The lowest BCUT2D eigenvalue weighted by Crippen LogP contribution is -2.40. The maximum Gasteiger partial charge on any atom is 0.350 e. The third-order valence-corrected chi connectivity index (χ3v) is 5.27. The predicted molar refractivity (Wildman–Crippen MR) is 101 cm³/mol. The maximum absolute atomic E-state index is 12.3. The molecule has 0 aliphatic heterocycles. The fraction of sp³-hybridized carbons (Fsp3) is 0.368. The molecule has 7 nitrogen and oxygen atoms in total. The highest BCUT2D eigenvalue weighted by Gasteiger charge is 2.25. The zero-order valence-corrected chi connectivity index (χ0v) is 16.0. The second-order valence-corrected chi connectivity index (χ2v) is 7.47. The molecule has 27 heavy (non-hydrogen) atoms. The molecule has 1 saturated carbocycles. The zero-order chi connectivity index (χ0) is 19.4. The van der Waals surface area contributed by atoms with Gasteiger partial charge in [0.15, 0.2) is 6.61 Å². The van der Waals surface area contributed by atoms with E-state index >= 15 is 0 Å². The number of nitrogens with zero attached hydrogens (tertiary/aromatic N) is 2. The van der Waals surface area contributed by atoms with Crippen molar-refractivity contribution in [2.45, 2.75) is 25.8 Å². The van der Waals surface area contributed by atoms with Crippen molar-refractivity contribution in [3.05, 3.63) is 40.9 Å². The maximum atomic E-state index is 12.3. The summed E-state index contributed by atoms with van der Waals surface area (Å²) >= 11 is 1.23. The Kier molecular flexibility index (Phi) is 5.85. The number of amides is 2. The second kappa shape index (κ2) is 8.30. The molecule has 1 heterocycles. The minimum Gasteiger partial charge on any atom is -0.451 e. The van der Waals surface area contributed by atoms with Gasteiger partial charge in [-0.2, -0.15) is 0 Å². The number of aromatic nitrogens is 1. The van der Waals surface area contributed by atoms with E-state index in [1.54, 1.807) is 6.92 Å². The van der Waals surface area contributed by atoms with Gasteiger partial charge >= 0.3 is 5.97 Å². The Labute approximate surface area is 161 Å². The molecule has 3 rings (SSSR count). The van der Waals surface area contributed by atoms with Crippen LogP contribution in [0.4, 0.5) is 0 Å². The summed E-state index contributed by atoms with van der Waals surface area (Å²) in [6.07, 6.45) is 1.97. The van der Waals surface area contributed by atoms with E-state index in [0.717, 1.165) is 23.4 Å². The molecule has 1 aromatic carbocycles. The summed E-state index contributed by atoms with van der Waals surface area (Å²) in [5.74, 6) is -1.22.